The summed E-state index contributed by atoms with van der Waals surface area (Å²) in [7, 11) is 1.36. The number of esters is 1. The Morgan fingerprint density at radius 2 is 1.80 bits per heavy atom. The molecule has 0 unspecified atom stereocenters. The van der Waals surface area contributed by atoms with Crippen LogP contribution in [0.2, 0.25) is 0 Å². The zero-order chi connectivity index (χ0) is 15.1. The summed E-state index contributed by atoms with van der Waals surface area (Å²) in [5.41, 5.74) is 0. The fourth-order valence-electron chi connectivity index (χ4n) is 2.00. The van der Waals surface area contributed by atoms with Crippen molar-refractivity contribution in [1.29, 1.82) is 0 Å². The second kappa shape index (κ2) is 8.53. The minimum atomic E-state index is -1.27. The van der Waals surface area contributed by atoms with Gasteiger partial charge in [0.1, 0.15) is 18.3 Å². The number of carbonyl (C=O) groups excluding carboxylic acids is 1. The molecule has 0 amide bonds. The summed E-state index contributed by atoms with van der Waals surface area (Å²) in [5.74, 6) is -0.233. The van der Waals surface area contributed by atoms with Gasteiger partial charge in [-0.1, -0.05) is 6.42 Å². The van der Waals surface area contributed by atoms with Gasteiger partial charge < -0.3 is 29.5 Å². The van der Waals surface area contributed by atoms with Crippen molar-refractivity contribution >= 4 is 5.97 Å². The fourth-order valence-corrected chi connectivity index (χ4v) is 2.00. The van der Waals surface area contributed by atoms with E-state index in [1.807, 2.05) is 0 Å². The van der Waals surface area contributed by atoms with Crippen molar-refractivity contribution in [3.05, 3.63) is 0 Å². The number of rotatable bonds is 7. The van der Waals surface area contributed by atoms with Crippen LogP contribution in [-0.2, 0) is 19.0 Å². The van der Waals surface area contributed by atoms with E-state index >= 15 is 0 Å². The van der Waals surface area contributed by atoms with Crippen LogP contribution in [-0.4, -0.2) is 65.7 Å². The third-order valence-electron chi connectivity index (χ3n) is 3.34. The van der Waals surface area contributed by atoms with Gasteiger partial charge in [0.15, 0.2) is 6.29 Å². The van der Waals surface area contributed by atoms with Crippen molar-refractivity contribution in [2.45, 2.75) is 63.3 Å². The summed E-state index contributed by atoms with van der Waals surface area (Å²) < 4.78 is 15.2. The van der Waals surface area contributed by atoms with Crippen molar-refractivity contribution < 1.29 is 34.3 Å². The molecule has 0 aromatic heterocycles. The zero-order valence-corrected chi connectivity index (χ0v) is 11.9. The molecule has 0 aromatic carbocycles. The largest absolute Gasteiger partial charge is 0.469 e. The summed E-state index contributed by atoms with van der Waals surface area (Å²) in [5, 5.41) is 28.8. The number of hydrogen-bond acceptors (Lipinski definition) is 7. The predicted molar refractivity (Wildman–Crippen MR) is 68.8 cm³/mol. The smallest absolute Gasteiger partial charge is 0.305 e. The van der Waals surface area contributed by atoms with Crippen molar-refractivity contribution in [2.75, 3.05) is 13.7 Å². The number of carbonyl (C=O) groups is 1. The lowest BCUT2D eigenvalue weighted by Crippen LogP contribution is -2.57. The highest BCUT2D eigenvalue weighted by Gasteiger charge is 2.42. The van der Waals surface area contributed by atoms with Crippen molar-refractivity contribution in [1.82, 2.24) is 0 Å². The van der Waals surface area contributed by atoms with Gasteiger partial charge >= 0.3 is 5.97 Å². The quantitative estimate of drug-likeness (QED) is 0.431. The molecule has 118 valence electrons. The SMILES string of the molecule is COC(=O)CCCCCO[C@@H]1O[C@@H](C)[C@H](O)[C@@H](O)[C@H]1O. The van der Waals surface area contributed by atoms with Crippen LogP contribution in [0.1, 0.15) is 32.6 Å². The van der Waals surface area contributed by atoms with E-state index in [9.17, 15) is 20.1 Å². The first-order valence-electron chi connectivity index (χ1n) is 6.85. The van der Waals surface area contributed by atoms with E-state index in [2.05, 4.69) is 4.74 Å². The topological polar surface area (TPSA) is 105 Å². The predicted octanol–water partition coefficient (Wildman–Crippen LogP) is -0.436. The molecule has 1 saturated heterocycles. The van der Waals surface area contributed by atoms with E-state index in [-0.39, 0.29) is 5.97 Å². The van der Waals surface area contributed by atoms with Crippen LogP contribution in [0, 0.1) is 0 Å². The van der Waals surface area contributed by atoms with E-state index in [4.69, 9.17) is 9.47 Å². The lowest BCUT2D eigenvalue weighted by Gasteiger charge is -2.38. The molecule has 20 heavy (non-hydrogen) atoms. The van der Waals surface area contributed by atoms with Crippen LogP contribution in [0.25, 0.3) is 0 Å². The maximum Gasteiger partial charge on any atom is 0.305 e. The van der Waals surface area contributed by atoms with Crippen LogP contribution in [0.3, 0.4) is 0 Å². The lowest BCUT2D eigenvalue weighted by atomic mass is 10.0. The number of unbranched alkanes of at least 4 members (excludes halogenated alkanes) is 2. The number of aliphatic hydroxyl groups excluding tert-OH is 3. The van der Waals surface area contributed by atoms with Crippen molar-refractivity contribution in [3.8, 4) is 0 Å². The van der Waals surface area contributed by atoms with E-state index in [1.165, 1.54) is 7.11 Å². The Hall–Kier alpha value is -0.730. The monoisotopic (exact) mass is 292 g/mol. The normalized spacial score (nSPS) is 34.0. The van der Waals surface area contributed by atoms with Gasteiger partial charge in [0.25, 0.3) is 0 Å². The third-order valence-corrected chi connectivity index (χ3v) is 3.34. The molecule has 1 fully saturated rings. The summed E-state index contributed by atoms with van der Waals surface area (Å²) in [6, 6.07) is 0. The van der Waals surface area contributed by atoms with Crippen LogP contribution < -0.4 is 0 Å². The summed E-state index contributed by atoms with van der Waals surface area (Å²) in [6.45, 7) is 1.95. The first-order valence-corrected chi connectivity index (χ1v) is 6.85. The van der Waals surface area contributed by atoms with Crippen LogP contribution in [0.5, 0.6) is 0 Å². The molecule has 0 spiro atoms. The molecule has 0 aromatic rings. The molecule has 1 aliphatic rings. The lowest BCUT2D eigenvalue weighted by molar-refractivity contribution is -0.293. The number of hydrogen-bond donors (Lipinski definition) is 3. The van der Waals surface area contributed by atoms with E-state index in [1.54, 1.807) is 6.92 Å². The highest BCUT2D eigenvalue weighted by Crippen LogP contribution is 2.21. The molecule has 5 atom stereocenters. The van der Waals surface area contributed by atoms with Gasteiger partial charge in [-0.25, -0.2) is 0 Å². The summed E-state index contributed by atoms with van der Waals surface area (Å²) >= 11 is 0. The standard InChI is InChI=1S/C13H24O7/c1-8-10(15)11(16)12(17)13(20-8)19-7-5-3-4-6-9(14)18-2/h8,10-13,15-17H,3-7H2,1-2H3/t8-,10-,11+,12+,13+/m0/s1. The van der Waals surface area contributed by atoms with Gasteiger partial charge in [-0.3, -0.25) is 4.79 Å². The number of methoxy groups -OCH3 is 1. The van der Waals surface area contributed by atoms with Crippen molar-refractivity contribution in [3.63, 3.8) is 0 Å². The average molecular weight is 292 g/mol. The Kier molecular flexibility index (Phi) is 7.39. The first kappa shape index (κ1) is 17.3. The van der Waals surface area contributed by atoms with Crippen LogP contribution in [0.15, 0.2) is 0 Å². The number of ether oxygens (including phenoxy) is 3. The summed E-state index contributed by atoms with van der Waals surface area (Å²) in [4.78, 5) is 10.9. The summed E-state index contributed by atoms with van der Waals surface area (Å²) in [6.07, 6.45) is -2.62. The molecule has 0 saturated carbocycles. The van der Waals surface area contributed by atoms with Crippen LogP contribution >= 0.6 is 0 Å². The van der Waals surface area contributed by atoms with E-state index < -0.39 is 30.7 Å². The Morgan fingerprint density at radius 1 is 1.10 bits per heavy atom. The Morgan fingerprint density at radius 3 is 2.45 bits per heavy atom. The fraction of sp³-hybridized carbons (Fsp3) is 0.923. The van der Waals surface area contributed by atoms with Gasteiger partial charge in [-0.15, -0.1) is 0 Å². The highest BCUT2D eigenvalue weighted by molar-refractivity contribution is 5.68. The molecule has 1 aliphatic heterocycles. The molecule has 1 rings (SSSR count). The number of aliphatic hydroxyl groups is 3. The molecule has 7 nitrogen and oxygen atoms in total. The van der Waals surface area contributed by atoms with Gasteiger partial charge in [0.2, 0.25) is 0 Å². The van der Waals surface area contributed by atoms with E-state index in [0.717, 1.165) is 6.42 Å². The second-order valence-corrected chi connectivity index (χ2v) is 4.94. The average Bonchev–Trinajstić information content (AvgIpc) is 2.45. The van der Waals surface area contributed by atoms with E-state index in [0.29, 0.717) is 25.9 Å². The van der Waals surface area contributed by atoms with Gasteiger partial charge in [0.05, 0.1) is 13.2 Å². The van der Waals surface area contributed by atoms with Gasteiger partial charge in [-0.2, -0.15) is 0 Å². The second-order valence-electron chi connectivity index (χ2n) is 4.94. The van der Waals surface area contributed by atoms with Crippen molar-refractivity contribution in [2.24, 2.45) is 0 Å². The van der Waals surface area contributed by atoms with Gasteiger partial charge in [-0.05, 0) is 19.8 Å². The minimum Gasteiger partial charge on any atom is -0.469 e. The Bertz CT molecular complexity index is 296. The molecular formula is C13H24O7. The third kappa shape index (κ3) is 4.99. The molecule has 0 bridgehead atoms. The minimum absolute atomic E-state index is 0.233. The zero-order valence-electron chi connectivity index (χ0n) is 11.9. The van der Waals surface area contributed by atoms with Crippen LogP contribution in [0.4, 0.5) is 0 Å². The molecule has 0 radical (unpaired) electrons. The molecule has 0 aliphatic carbocycles. The first-order chi connectivity index (χ1) is 9.47. The molecule has 3 N–H and O–H groups in total. The highest BCUT2D eigenvalue weighted by atomic mass is 16.7. The Balaban J connectivity index is 2.17. The molecule has 7 heteroatoms. The molecular weight excluding hydrogens is 268 g/mol. The maximum atomic E-state index is 10.9. The Labute approximate surface area is 118 Å². The maximum absolute atomic E-state index is 10.9. The molecule has 1 heterocycles. The van der Waals surface area contributed by atoms with Gasteiger partial charge in [0, 0.05) is 13.0 Å².